The minimum Gasteiger partial charge on any atom is -0.355 e. The van der Waals surface area contributed by atoms with Crippen LogP contribution in [0.1, 0.15) is 33.6 Å². The van der Waals surface area contributed by atoms with Crippen LogP contribution in [0.3, 0.4) is 0 Å². The van der Waals surface area contributed by atoms with Gasteiger partial charge >= 0.3 is 0 Å². The molecule has 0 radical (unpaired) electrons. The van der Waals surface area contributed by atoms with Crippen LogP contribution in [0, 0.1) is 5.92 Å². The zero-order chi connectivity index (χ0) is 13.9. The van der Waals surface area contributed by atoms with Crippen LogP contribution >= 0.6 is 11.6 Å². The monoisotopic (exact) mass is 282 g/mol. The second-order valence-corrected chi connectivity index (χ2v) is 6.69. The van der Waals surface area contributed by atoms with Crippen LogP contribution in [0.5, 0.6) is 0 Å². The third kappa shape index (κ3) is 4.32. The van der Waals surface area contributed by atoms with Crippen molar-refractivity contribution in [1.29, 1.82) is 0 Å². The van der Waals surface area contributed by atoms with E-state index in [9.17, 15) is 0 Å². The van der Waals surface area contributed by atoms with Crippen LogP contribution in [0.4, 0.5) is 5.82 Å². The number of rotatable bonds is 3. The SMILES string of the molecule is CC(C)(C)NCC1CCCN(c2ncncc2Cl)C1. The summed E-state index contributed by atoms with van der Waals surface area (Å²) in [5, 5.41) is 4.23. The smallest absolute Gasteiger partial charge is 0.150 e. The van der Waals surface area contributed by atoms with E-state index in [0.29, 0.717) is 10.9 Å². The van der Waals surface area contributed by atoms with Gasteiger partial charge in [-0.15, -0.1) is 0 Å². The maximum Gasteiger partial charge on any atom is 0.150 e. The van der Waals surface area contributed by atoms with E-state index in [4.69, 9.17) is 11.6 Å². The molecule has 0 spiro atoms. The highest BCUT2D eigenvalue weighted by Crippen LogP contribution is 2.26. The Bertz CT molecular complexity index is 416. The minimum absolute atomic E-state index is 0.175. The summed E-state index contributed by atoms with van der Waals surface area (Å²) in [5.74, 6) is 1.52. The van der Waals surface area contributed by atoms with Gasteiger partial charge in [-0.25, -0.2) is 9.97 Å². The van der Waals surface area contributed by atoms with E-state index in [1.165, 1.54) is 12.8 Å². The first-order chi connectivity index (χ1) is 8.96. The lowest BCUT2D eigenvalue weighted by atomic mass is 9.96. The van der Waals surface area contributed by atoms with Crippen molar-refractivity contribution in [2.45, 2.75) is 39.2 Å². The van der Waals surface area contributed by atoms with Crippen molar-refractivity contribution in [3.05, 3.63) is 17.5 Å². The lowest BCUT2D eigenvalue weighted by Crippen LogP contribution is -2.45. The van der Waals surface area contributed by atoms with Gasteiger partial charge in [0.15, 0.2) is 5.82 Å². The molecule has 1 aromatic rings. The van der Waals surface area contributed by atoms with Gasteiger partial charge in [0, 0.05) is 25.2 Å². The summed E-state index contributed by atoms with van der Waals surface area (Å²) in [6.45, 7) is 9.70. The van der Waals surface area contributed by atoms with Crippen LogP contribution in [-0.2, 0) is 0 Å². The van der Waals surface area contributed by atoms with Gasteiger partial charge in [0.1, 0.15) is 11.3 Å². The van der Waals surface area contributed by atoms with Crippen molar-refractivity contribution in [3.8, 4) is 0 Å². The maximum absolute atomic E-state index is 6.17. The molecule has 1 aliphatic rings. The van der Waals surface area contributed by atoms with Crippen LogP contribution in [-0.4, -0.2) is 35.1 Å². The Morgan fingerprint density at radius 3 is 2.95 bits per heavy atom. The number of aromatic nitrogens is 2. The summed E-state index contributed by atoms with van der Waals surface area (Å²) in [6, 6.07) is 0. The van der Waals surface area contributed by atoms with Crippen molar-refractivity contribution in [2.24, 2.45) is 5.92 Å². The molecule has 1 atom stereocenters. The number of hydrogen-bond donors (Lipinski definition) is 1. The van der Waals surface area contributed by atoms with E-state index < -0.39 is 0 Å². The van der Waals surface area contributed by atoms with Gasteiger partial charge in [0.25, 0.3) is 0 Å². The second kappa shape index (κ2) is 6.06. The summed E-state index contributed by atoms with van der Waals surface area (Å²) < 4.78 is 0. The van der Waals surface area contributed by atoms with Crippen molar-refractivity contribution < 1.29 is 0 Å². The van der Waals surface area contributed by atoms with Crippen molar-refractivity contribution >= 4 is 17.4 Å². The summed E-state index contributed by atoms with van der Waals surface area (Å²) in [4.78, 5) is 10.5. The highest BCUT2D eigenvalue weighted by atomic mass is 35.5. The Labute approximate surface area is 120 Å². The molecule has 0 bridgehead atoms. The normalized spacial score (nSPS) is 20.6. The van der Waals surface area contributed by atoms with Gasteiger partial charge in [0.05, 0.1) is 6.20 Å². The van der Waals surface area contributed by atoms with E-state index in [1.54, 1.807) is 12.5 Å². The Morgan fingerprint density at radius 1 is 1.47 bits per heavy atom. The largest absolute Gasteiger partial charge is 0.355 e. The van der Waals surface area contributed by atoms with Gasteiger partial charge in [0.2, 0.25) is 0 Å². The number of halogens is 1. The molecule has 1 aliphatic heterocycles. The average Bonchev–Trinajstić information content (AvgIpc) is 2.36. The van der Waals surface area contributed by atoms with E-state index in [1.807, 2.05) is 0 Å². The number of nitrogens with one attached hydrogen (secondary N) is 1. The van der Waals surface area contributed by atoms with E-state index in [0.717, 1.165) is 25.5 Å². The van der Waals surface area contributed by atoms with Crippen molar-refractivity contribution in [2.75, 3.05) is 24.5 Å². The van der Waals surface area contributed by atoms with Crippen molar-refractivity contribution in [1.82, 2.24) is 15.3 Å². The lowest BCUT2D eigenvalue weighted by molar-refractivity contribution is 0.335. The molecule has 2 rings (SSSR count). The zero-order valence-electron chi connectivity index (χ0n) is 12.0. The Morgan fingerprint density at radius 2 is 2.26 bits per heavy atom. The predicted octanol–water partition coefficient (Wildman–Crippen LogP) is 2.73. The highest BCUT2D eigenvalue weighted by molar-refractivity contribution is 6.32. The van der Waals surface area contributed by atoms with Gasteiger partial charge in [-0.05, 0) is 39.5 Å². The quantitative estimate of drug-likeness (QED) is 0.926. The number of hydrogen-bond acceptors (Lipinski definition) is 4. The molecule has 1 saturated heterocycles. The first kappa shape index (κ1) is 14.5. The summed E-state index contributed by atoms with van der Waals surface area (Å²) >= 11 is 6.17. The molecule has 5 heteroatoms. The van der Waals surface area contributed by atoms with E-state index in [-0.39, 0.29) is 5.54 Å². The second-order valence-electron chi connectivity index (χ2n) is 6.28. The Hall–Kier alpha value is -0.870. The maximum atomic E-state index is 6.17. The van der Waals surface area contributed by atoms with E-state index >= 15 is 0 Å². The number of anilines is 1. The van der Waals surface area contributed by atoms with Crippen LogP contribution in [0.15, 0.2) is 12.5 Å². The molecule has 1 N–H and O–H groups in total. The van der Waals surface area contributed by atoms with Gasteiger partial charge in [-0.3, -0.25) is 0 Å². The standard InChI is InChI=1S/C14H23ClN4/c1-14(2,3)18-7-11-5-4-6-19(9-11)13-12(15)8-16-10-17-13/h8,10-11,18H,4-7,9H2,1-3H3. The third-order valence-corrected chi connectivity index (χ3v) is 3.65. The molecule has 2 heterocycles. The van der Waals surface area contributed by atoms with Crippen LogP contribution < -0.4 is 10.2 Å². The fourth-order valence-corrected chi connectivity index (χ4v) is 2.64. The first-order valence-electron chi connectivity index (χ1n) is 6.91. The first-order valence-corrected chi connectivity index (χ1v) is 7.29. The predicted molar refractivity (Wildman–Crippen MR) is 79.7 cm³/mol. The molecular formula is C14H23ClN4. The Kier molecular flexibility index (Phi) is 4.63. The molecule has 1 unspecified atom stereocenters. The molecule has 1 fully saturated rings. The van der Waals surface area contributed by atoms with Crippen LogP contribution in [0.2, 0.25) is 5.02 Å². The number of piperidine rings is 1. The molecule has 106 valence electrons. The Balaban J connectivity index is 1.96. The fraction of sp³-hybridized carbons (Fsp3) is 0.714. The van der Waals surface area contributed by atoms with Crippen LogP contribution in [0.25, 0.3) is 0 Å². The molecule has 4 nitrogen and oxygen atoms in total. The fourth-order valence-electron chi connectivity index (χ4n) is 2.41. The van der Waals surface area contributed by atoms with Gasteiger partial charge in [-0.2, -0.15) is 0 Å². The summed E-state index contributed by atoms with van der Waals surface area (Å²) in [5.41, 5.74) is 0.175. The minimum atomic E-state index is 0.175. The molecule has 0 aromatic carbocycles. The van der Waals surface area contributed by atoms with Gasteiger partial charge < -0.3 is 10.2 Å². The molecule has 1 aromatic heterocycles. The summed E-state index contributed by atoms with van der Waals surface area (Å²) in [7, 11) is 0. The third-order valence-electron chi connectivity index (χ3n) is 3.39. The molecule has 0 aliphatic carbocycles. The lowest BCUT2D eigenvalue weighted by Gasteiger charge is -2.35. The van der Waals surface area contributed by atoms with Crippen molar-refractivity contribution in [3.63, 3.8) is 0 Å². The zero-order valence-corrected chi connectivity index (χ0v) is 12.7. The average molecular weight is 283 g/mol. The molecule has 19 heavy (non-hydrogen) atoms. The summed E-state index contributed by atoms with van der Waals surface area (Å²) in [6.07, 6.45) is 5.69. The number of nitrogens with zero attached hydrogens (tertiary/aromatic N) is 3. The van der Waals surface area contributed by atoms with Gasteiger partial charge in [-0.1, -0.05) is 11.6 Å². The molecule has 0 amide bonds. The van der Waals surface area contributed by atoms with E-state index in [2.05, 4.69) is 41.0 Å². The molecule has 0 saturated carbocycles. The highest BCUT2D eigenvalue weighted by Gasteiger charge is 2.23. The topological polar surface area (TPSA) is 41.0 Å². The molecular weight excluding hydrogens is 260 g/mol.